The summed E-state index contributed by atoms with van der Waals surface area (Å²) in [5, 5.41) is 3.12. The van der Waals surface area contributed by atoms with Crippen LogP contribution in [0.15, 0.2) is 36.5 Å². The molecule has 1 aliphatic rings. The van der Waals surface area contributed by atoms with Gasteiger partial charge in [0.2, 0.25) is 5.91 Å². The molecular formula is C19H17ClF4N2O2. The smallest absolute Gasteiger partial charge is 0.422 e. The van der Waals surface area contributed by atoms with Crippen molar-refractivity contribution in [2.75, 3.05) is 6.61 Å². The van der Waals surface area contributed by atoms with E-state index in [-0.39, 0.29) is 23.5 Å². The quantitative estimate of drug-likeness (QED) is 0.688. The van der Waals surface area contributed by atoms with Crippen LogP contribution in [0.3, 0.4) is 0 Å². The molecule has 0 radical (unpaired) electrons. The van der Waals surface area contributed by atoms with Gasteiger partial charge in [-0.05, 0) is 49.1 Å². The number of nitrogens with one attached hydrogen (secondary N) is 1. The summed E-state index contributed by atoms with van der Waals surface area (Å²) in [7, 11) is 0. The highest BCUT2D eigenvalue weighted by Crippen LogP contribution is 2.50. The van der Waals surface area contributed by atoms with E-state index in [9.17, 15) is 22.4 Å². The van der Waals surface area contributed by atoms with Crippen LogP contribution in [0.1, 0.15) is 36.6 Å². The molecule has 28 heavy (non-hydrogen) atoms. The summed E-state index contributed by atoms with van der Waals surface area (Å²) in [6.07, 6.45) is -2.63. The average Bonchev–Trinajstić information content (AvgIpc) is 3.40. The summed E-state index contributed by atoms with van der Waals surface area (Å²) in [6.45, 7) is 0.327. The second-order valence-corrected chi connectivity index (χ2v) is 7.07. The van der Waals surface area contributed by atoms with Gasteiger partial charge in [0.1, 0.15) is 11.6 Å². The van der Waals surface area contributed by atoms with Crippen molar-refractivity contribution >= 4 is 17.5 Å². The van der Waals surface area contributed by atoms with E-state index < -0.39 is 24.6 Å². The highest BCUT2D eigenvalue weighted by Gasteiger charge is 2.45. The Morgan fingerprint density at radius 2 is 2.11 bits per heavy atom. The van der Waals surface area contributed by atoms with Gasteiger partial charge in [0.15, 0.2) is 6.61 Å². The van der Waals surface area contributed by atoms with Crippen molar-refractivity contribution in [2.45, 2.75) is 31.5 Å². The van der Waals surface area contributed by atoms with Gasteiger partial charge in [0, 0.05) is 10.9 Å². The molecule has 1 saturated carbocycles. The van der Waals surface area contributed by atoms with Gasteiger partial charge < -0.3 is 10.1 Å². The van der Waals surface area contributed by atoms with Crippen molar-refractivity contribution in [1.29, 1.82) is 0 Å². The fourth-order valence-corrected chi connectivity index (χ4v) is 3.23. The lowest BCUT2D eigenvalue weighted by atomic mass is 10.1. The number of benzene rings is 1. The number of rotatable bonds is 6. The van der Waals surface area contributed by atoms with Crippen molar-refractivity contribution in [1.82, 2.24) is 10.3 Å². The van der Waals surface area contributed by atoms with Crippen LogP contribution in [0.5, 0.6) is 5.75 Å². The third kappa shape index (κ3) is 5.13. The Kier molecular flexibility index (Phi) is 5.79. The number of hydrogen-bond donors (Lipinski definition) is 1. The Balaban J connectivity index is 1.55. The molecule has 0 bridgehead atoms. The summed E-state index contributed by atoms with van der Waals surface area (Å²) in [5.41, 5.74) is 1.23. The lowest BCUT2D eigenvalue weighted by molar-refractivity contribution is -0.153. The zero-order valence-corrected chi connectivity index (χ0v) is 15.5. The fraction of sp³-hybridized carbons (Fsp3) is 0.368. The van der Waals surface area contributed by atoms with Gasteiger partial charge in [-0.2, -0.15) is 13.2 Å². The van der Waals surface area contributed by atoms with Crippen molar-refractivity contribution in [3.05, 3.63) is 58.6 Å². The molecule has 0 saturated heterocycles. The predicted molar refractivity (Wildman–Crippen MR) is 94.6 cm³/mol. The van der Waals surface area contributed by atoms with Gasteiger partial charge in [-0.15, -0.1) is 0 Å². The largest absolute Gasteiger partial charge is 0.483 e. The monoisotopic (exact) mass is 416 g/mol. The maximum Gasteiger partial charge on any atom is 0.422 e. The lowest BCUT2D eigenvalue weighted by Crippen LogP contribution is -2.29. The molecule has 0 aliphatic heterocycles. The maximum absolute atomic E-state index is 13.1. The van der Waals surface area contributed by atoms with Crippen LogP contribution < -0.4 is 10.1 Å². The minimum absolute atomic E-state index is 0.00666. The molecular weight excluding hydrogens is 400 g/mol. The lowest BCUT2D eigenvalue weighted by Gasteiger charge is -2.14. The Morgan fingerprint density at radius 3 is 2.71 bits per heavy atom. The zero-order chi connectivity index (χ0) is 20.5. The first-order chi connectivity index (χ1) is 13.1. The predicted octanol–water partition coefficient (Wildman–Crippen LogP) is 4.80. The number of pyridine rings is 1. The minimum Gasteiger partial charge on any atom is -0.483 e. The van der Waals surface area contributed by atoms with Crippen LogP contribution in [0.4, 0.5) is 17.6 Å². The topological polar surface area (TPSA) is 51.2 Å². The molecule has 4 nitrogen and oxygen atoms in total. The van der Waals surface area contributed by atoms with Gasteiger partial charge in [-0.1, -0.05) is 17.7 Å². The molecule has 0 spiro atoms. The second-order valence-electron chi connectivity index (χ2n) is 6.67. The van der Waals surface area contributed by atoms with E-state index in [0.717, 1.165) is 5.56 Å². The molecule has 1 N–H and O–H groups in total. The third-order valence-electron chi connectivity index (χ3n) is 4.45. The van der Waals surface area contributed by atoms with Gasteiger partial charge in [0.25, 0.3) is 0 Å². The van der Waals surface area contributed by atoms with E-state index in [1.165, 1.54) is 30.5 Å². The van der Waals surface area contributed by atoms with Crippen molar-refractivity contribution in [3.8, 4) is 5.75 Å². The van der Waals surface area contributed by atoms with E-state index in [1.54, 1.807) is 13.0 Å². The number of ether oxygens (including phenoxy) is 1. The first-order valence-corrected chi connectivity index (χ1v) is 8.92. The number of nitrogens with zero attached hydrogens (tertiary/aromatic N) is 1. The normalized spacial score (nSPS) is 19.8. The fourth-order valence-electron chi connectivity index (χ4n) is 2.92. The molecule has 1 unspecified atom stereocenters. The van der Waals surface area contributed by atoms with Crippen LogP contribution in [-0.4, -0.2) is 23.7 Å². The van der Waals surface area contributed by atoms with Crippen molar-refractivity contribution in [2.24, 2.45) is 5.92 Å². The molecule has 150 valence electrons. The zero-order valence-electron chi connectivity index (χ0n) is 14.8. The number of alkyl halides is 3. The molecule has 1 heterocycles. The highest BCUT2D eigenvalue weighted by molar-refractivity contribution is 6.31. The van der Waals surface area contributed by atoms with Crippen LogP contribution in [0.2, 0.25) is 5.02 Å². The molecule has 1 aromatic carbocycles. The van der Waals surface area contributed by atoms with E-state index >= 15 is 0 Å². The SMILES string of the molecule is C[C@@H](NC(=O)C1C[C@@H]1c1ccc(F)cc1Cl)c1ccc(OCC(F)(F)F)cn1. The van der Waals surface area contributed by atoms with Crippen LogP contribution in [-0.2, 0) is 4.79 Å². The van der Waals surface area contributed by atoms with E-state index in [2.05, 4.69) is 15.0 Å². The van der Waals surface area contributed by atoms with Crippen molar-refractivity contribution in [3.63, 3.8) is 0 Å². The molecule has 1 fully saturated rings. The van der Waals surface area contributed by atoms with Gasteiger partial charge in [-0.3, -0.25) is 9.78 Å². The molecule has 3 rings (SSSR count). The highest BCUT2D eigenvalue weighted by atomic mass is 35.5. The molecule has 1 amide bonds. The molecule has 1 aliphatic carbocycles. The van der Waals surface area contributed by atoms with E-state index in [1.807, 2.05) is 0 Å². The van der Waals surface area contributed by atoms with Gasteiger partial charge >= 0.3 is 6.18 Å². The Hall–Kier alpha value is -2.35. The number of hydrogen-bond acceptors (Lipinski definition) is 3. The second kappa shape index (κ2) is 7.95. The number of carbonyl (C=O) groups is 1. The van der Waals surface area contributed by atoms with E-state index in [4.69, 9.17) is 11.6 Å². The van der Waals surface area contributed by atoms with Crippen LogP contribution >= 0.6 is 11.6 Å². The number of carbonyl (C=O) groups excluding carboxylic acids is 1. The molecule has 9 heteroatoms. The average molecular weight is 417 g/mol. The number of amides is 1. The first-order valence-electron chi connectivity index (χ1n) is 8.55. The Bertz CT molecular complexity index is 858. The Labute approximate surface area is 163 Å². The standard InChI is InChI=1S/C19H17ClF4N2O2/c1-10(17-5-3-12(8-25-17)28-9-19(22,23)24)26-18(27)15-7-14(15)13-4-2-11(21)6-16(13)20/h2-6,8,10,14-15H,7,9H2,1H3,(H,26,27)/t10-,14-,15?/m1/s1. The summed E-state index contributed by atoms with van der Waals surface area (Å²) in [6, 6.07) is 6.55. The summed E-state index contributed by atoms with van der Waals surface area (Å²) in [5.74, 6) is -0.950. The number of halogens is 5. The maximum atomic E-state index is 13.1. The summed E-state index contributed by atoms with van der Waals surface area (Å²) >= 11 is 6.04. The minimum atomic E-state index is -4.42. The molecule has 3 atom stereocenters. The van der Waals surface area contributed by atoms with Crippen LogP contribution in [0.25, 0.3) is 0 Å². The van der Waals surface area contributed by atoms with Crippen molar-refractivity contribution < 1.29 is 27.1 Å². The van der Waals surface area contributed by atoms with E-state index in [0.29, 0.717) is 17.1 Å². The summed E-state index contributed by atoms with van der Waals surface area (Å²) < 4.78 is 54.2. The number of aromatic nitrogens is 1. The summed E-state index contributed by atoms with van der Waals surface area (Å²) in [4.78, 5) is 16.5. The van der Waals surface area contributed by atoms with Gasteiger partial charge in [-0.25, -0.2) is 4.39 Å². The molecule has 1 aromatic heterocycles. The van der Waals surface area contributed by atoms with Crippen LogP contribution in [0, 0.1) is 11.7 Å². The third-order valence-corrected chi connectivity index (χ3v) is 4.78. The molecule has 2 aromatic rings. The first kappa shape index (κ1) is 20.4. The van der Waals surface area contributed by atoms with Gasteiger partial charge in [0.05, 0.1) is 17.9 Å². The Morgan fingerprint density at radius 1 is 1.36 bits per heavy atom.